The van der Waals surface area contributed by atoms with Crippen LogP contribution in [0.3, 0.4) is 0 Å². The molecule has 0 bridgehead atoms. The van der Waals surface area contributed by atoms with Crippen molar-refractivity contribution in [2.24, 2.45) is 0 Å². The molecule has 1 aliphatic rings. The molecule has 0 spiro atoms. The molecule has 0 radical (unpaired) electrons. The zero-order valence-corrected chi connectivity index (χ0v) is 19.2. The third-order valence-electron chi connectivity index (χ3n) is 5.89. The van der Waals surface area contributed by atoms with E-state index in [0.29, 0.717) is 31.5 Å². The predicted octanol–water partition coefficient (Wildman–Crippen LogP) is 2.97. The number of amides is 2. The minimum Gasteiger partial charge on any atom is -0.497 e. The molecule has 0 fully saturated rings. The molecule has 2 amide bonds. The van der Waals surface area contributed by atoms with Crippen molar-refractivity contribution >= 4 is 11.8 Å². The van der Waals surface area contributed by atoms with E-state index in [-0.39, 0.29) is 17.9 Å². The molecule has 172 valence electrons. The van der Waals surface area contributed by atoms with E-state index < -0.39 is 6.04 Å². The van der Waals surface area contributed by atoms with Crippen molar-refractivity contribution in [2.75, 3.05) is 20.2 Å². The molecule has 1 unspecified atom stereocenters. The smallest absolute Gasteiger partial charge is 0.256 e. The number of carbonyl (C=O) groups excluding carboxylic acids is 2. The molecule has 0 aliphatic carbocycles. The number of nitrogens with zero attached hydrogens (tertiary/aromatic N) is 4. The highest BCUT2D eigenvalue weighted by atomic mass is 16.5. The average Bonchev–Trinajstić information content (AvgIpc) is 3.28. The Morgan fingerprint density at radius 1 is 1.24 bits per heavy atom. The molecule has 1 aromatic carbocycles. The Hall–Kier alpha value is -3.68. The van der Waals surface area contributed by atoms with Crippen molar-refractivity contribution in [3.05, 3.63) is 77.6 Å². The Bertz CT molecular complexity index is 1130. The molecule has 1 atom stereocenters. The summed E-state index contributed by atoms with van der Waals surface area (Å²) in [6, 6.07) is 10.6. The molecule has 3 aromatic rings. The molecular formula is C25H29N5O3. The van der Waals surface area contributed by atoms with Gasteiger partial charge in [0.1, 0.15) is 5.75 Å². The maximum Gasteiger partial charge on any atom is 0.256 e. The quantitative estimate of drug-likeness (QED) is 0.602. The maximum atomic E-state index is 13.5. The van der Waals surface area contributed by atoms with E-state index >= 15 is 0 Å². The maximum absolute atomic E-state index is 13.5. The first-order valence-electron chi connectivity index (χ1n) is 11.2. The first-order chi connectivity index (χ1) is 16.0. The van der Waals surface area contributed by atoms with Crippen LogP contribution in [0.5, 0.6) is 5.75 Å². The van der Waals surface area contributed by atoms with E-state index in [1.54, 1.807) is 36.7 Å². The Morgan fingerprint density at radius 3 is 2.82 bits per heavy atom. The number of ether oxygens (including phenoxy) is 1. The van der Waals surface area contributed by atoms with Crippen molar-refractivity contribution in [1.82, 2.24) is 24.8 Å². The second-order valence-corrected chi connectivity index (χ2v) is 8.36. The van der Waals surface area contributed by atoms with E-state index in [2.05, 4.69) is 15.3 Å². The van der Waals surface area contributed by atoms with Crippen molar-refractivity contribution in [2.45, 2.75) is 38.8 Å². The standard InChI is InChI=1S/C25H29N5O3/c1-17(2)30-16-28-21-10-13-29(25(32)19-7-5-11-26-15-19)23(22(21)30)24(31)27-12-9-18-6-4-8-20(14-18)33-3/h4-8,11,14-17,23H,9-10,12-13H2,1-3H3,(H,27,31). The lowest BCUT2D eigenvalue weighted by molar-refractivity contribution is -0.126. The van der Waals surface area contributed by atoms with Crippen LogP contribution in [0.25, 0.3) is 0 Å². The van der Waals surface area contributed by atoms with Gasteiger partial charge in [-0.05, 0) is 50.1 Å². The average molecular weight is 448 g/mol. The second-order valence-electron chi connectivity index (χ2n) is 8.36. The summed E-state index contributed by atoms with van der Waals surface area (Å²) in [6.45, 7) is 4.95. The van der Waals surface area contributed by atoms with Gasteiger partial charge in [-0.2, -0.15) is 0 Å². The summed E-state index contributed by atoms with van der Waals surface area (Å²) in [7, 11) is 1.63. The molecule has 8 heteroatoms. The lowest BCUT2D eigenvalue weighted by atomic mass is 9.99. The van der Waals surface area contributed by atoms with Gasteiger partial charge in [0.2, 0.25) is 5.91 Å². The molecule has 2 aromatic heterocycles. The molecule has 33 heavy (non-hydrogen) atoms. The van der Waals surface area contributed by atoms with Crippen LogP contribution in [-0.2, 0) is 17.6 Å². The first-order valence-corrected chi connectivity index (χ1v) is 11.2. The van der Waals surface area contributed by atoms with Gasteiger partial charge in [-0.1, -0.05) is 12.1 Å². The number of rotatable bonds is 7. The van der Waals surface area contributed by atoms with Crippen LogP contribution in [0.4, 0.5) is 0 Å². The summed E-state index contributed by atoms with van der Waals surface area (Å²) < 4.78 is 7.27. The third-order valence-corrected chi connectivity index (χ3v) is 5.89. The van der Waals surface area contributed by atoms with Gasteiger partial charge in [-0.3, -0.25) is 14.6 Å². The first kappa shape index (κ1) is 22.5. The Kier molecular flexibility index (Phi) is 6.72. The number of aromatic nitrogens is 3. The van der Waals surface area contributed by atoms with Gasteiger partial charge in [0.25, 0.3) is 5.91 Å². The number of nitrogens with one attached hydrogen (secondary N) is 1. The van der Waals surface area contributed by atoms with Crippen LogP contribution in [0.1, 0.15) is 53.2 Å². The second kappa shape index (κ2) is 9.85. The third kappa shape index (κ3) is 4.74. The van der Waals surface area contributed by atoms with E-state index in [9.17, 15) is 9.59 Å². The number of pyridine rings is 1. The normalized spacial score (nSPS) is 15.3. The fourth-order valence-corrected chi connectivity index (χ4v) is 4.21. The van der Waals surface area contributed by atoms with Crippen LogP contribution in [0, 0.1) is 0 Å². The van der Waals surface area contributed by atoms with Gasteiger partial charge in [0.15, 0.2) is 6.04 Å². The van der Waals surface area contributed by atoms with Gasteiger partial charge < -0.3 is 19.5 Å². The fourth-order valence-electron chi connectivity index (χ4n) is 4.21. The number of hydrogen-bond acceptors (Lipinski definition) is 5. The van der Waals surface area contributed by atoms with Gasteiger partial charge >= 0.3 is 0 Å². The van der Waals surface area contributed by atoms with Crippen LogP contribution < -0.4 is 10.1 Å². The highest BCUT2D eigenvalue weighted by molar-refractivity contribution is 5.98. The highest BCUT2D eigenvalue weighted by Crippen LogP contribution is 2.32. The summed E-state index contributed by atoms with van der Waals surface area (Å²) >= 11 is 0. The summed E-state index contributed by atoms with van der Waals surface area (Å²) in [5.74, 6) is 0.363. The molecule has 0 saturated heterocycles. The number of methoxy groups -OCH3 is 1. The predicted molar refractivity (Wildman–Crippen MR) is 124 cm³/mol. The van der Waals surface area contributed by atoms with E-state index in [0.717, 1.165) is 22.7 Å². The molecule has 1 N–H and O–H groups in total. The largest absolute Gasteiger partial charge is 0.497 e. The topological polar surface area (TPSA) is 89.4 Å². The molecule has 1 aliphatic heterocycles. The number of hydrogen-bond donors (Lipinski definition) is 1. The van der Waals surface area contributed by atoms with Gasteiger partial charge in [-0.15, -0.1) is 0 Å². The number of fused-ring (bicyclic) bond motifs is 1. The van der Waals surface area contributed by atoms with Gasteiger partial charge in [0.05, 0.1) is 30.4 Å². The minimum absolute atomic E-state index is 0.113. The van der Waals surface area contributed by atoms with Crippen LogP contribution in [0.2, 0.25) is 0 Å². The van der Waals surface area contributed by atoms with Crippen LogP contribution in [-0.4, -0.2) is 51.4 Å². The zero-order valence-electron chi connectivity index (χ0n) is 19.2. The number of carbonyl (C=O) groups is 2. The zero-order chi connectivity index (χ0) is 23.4. The molecule has 8 nitrogen and oxygen atoms in total. The van der Waals surface area contributed by atoms with Gasteiger partial charge in [0, 0.05) is 37.9 Å². The lowest BCUT2D eigenvalue weighted by Crippen LogP contribution is -2.48. The van der Waals surface area contributed by atoms with Crippen molar-refractivity contribution < 1.29 is 14.3 Å². The number of imidazole rings is 1. The Balaban J connectivity index is 1.58. The molecule has 0 saturated carbocycles. The summed E-state index contributed by atoms with van der Waals surface area (Å²) in [4.78, 5) is 37.1. The summed E-state index contributed by atoms with van der Waals surface area (Å²) in [6.07, 6.45) is 6.19. The molecule has 3 heterocycles. The Morgan fingerprint density at radius 2 is 2.09 bits per heavy atom. The summed E-state index contributed by atoms with van der Waals surface area (Å²) in [5.41, 5.74) is 3.18. The van der Waals surface area contributed by atoms with Crippen molar-refractivity contribution in [3.63, 3.8) is 0 Å². The van der Waals surface area contributed by atoms with Crippen LogP contribution >= 0.6 is 0 Å². The lowest BCUT2D eigenvalue weighted by Gasteiger charge is -2.36. The molecular weight excluding hydrogens is 418 g/mol. The summed E-state index contributed by atoms with van der Waals surface area (Å²) in [5, 5.41) is 3.04. The van der Waals surface area contributed by atoms with E-state index in [1.807, 2.05) is 42.7 Å². The van der Waals surface area contributed by atoms with Gasteiger partial charge in [-0.25, -0.2) is 4.98 Å². The highest BCUT2D eigenvalue weighted by Gasteiger charge is 2.39. The monoisotopic (exact) mass is 447 g/mol. The van der Waals surface area contributed by atoms with Crippen molar-refractivity contribution in [1.29, 1.82) is 0 Å². The molecule has 4 rings (SSSR count). The van der Waals surface area contributed by atoms with E-state index in [1.165, 1.54) is 6.20 Å². The van der Waals surface area contributed by atoms with Crippen LogP contribution in [0.15, 0.2) is 55.1 Å². The SMILES string of the molecule is COc1cccc(CCNC(=O)C2c3c(ncn3C(C)C)CCN2C(=O)c2cccnc2)c1. The van der Waals surface area contributed by atoms with Crippen molar-refractivity contribution in [3.8, 4) is 5.75 Å². The minimum atomic E-state index is -0.753. The Labute approximate surface area is 193 Å². The fraction of sp³-hybridized carbons (Fsp3) is 0.360. The van der Waals surface area contributed by atoms with E-state index in [4.69, 9.17) is 4.74 Å². The number of benzene rings is 1.